The Morgan fingerprint density at radius 2 is 1.90 bits per heavy atom. The van der Waals surface area contributed by atoms with Gasteiger partial charge in [-0.3, -0.25) is 0 Å². The Bertz CT molecular complexity index is 98.9. The van der Waals surface area contributed by atoms with Gasteiger partial charge in [-0.1, -0.05) is 13.8 Å². The van der Waals surface area contributed by atoms with Gasteiger partial charge in [-0.05, 0) is 32.2 Å². The normalized spacial score (nSPS) is 37.5. The Morgan fingerprint density at radius 3 is 2.10 bits per heavy atom. The molecule has 60 valence electrons. The van der Waals surface area contributed by atoms with E-state index in [1.165, 1.54) is 25.8 Å². The van der Waals surface area contributed by atoms with Crippen LogP contribution in [0.1, 0.15) is 33.1 Å². The minimum Gasteiger partial charge on any atom is -0.303 e. The molecule has 2 unspecified atom stereocenters. The number of rotatable bonds is 0. The second kappa shape index (κ2) is 3.38. The monoisotopic (exact) mass is 141 g/mol. The molecule has 2 aliphatic rings. The summed E-state index contributed by atoms with van der Waals surface area (Å²) in [6.07, 6.45) is 4.48. The van der Waals surface area contributed by atoms with Gasteiger partial charge in [-0.2, -0.15) is 0 Å². The first-order chi connectivity index (χ1) is 4.86. The lowest BCUT2D eigenvalue weighted by Gasteiger charge is -2.20. The van der Waals surface area contributed by atoms with Crippen molar-refractivity contribution in [3.8, 4) is 0 Å². The largest absolute Gasteiger partial charge is 0.303 e. The van der Waals surface area contributed by atoms with Gasteiger partial charge in [0.25, 0.3) is 0 Å². The number of likely N-dealkylation sites (tertiary alicyclic amines) is 1. The van der Waals surface area contributed by atoms with Crippen molar-refractivity contribution in [1.29, 1.82) is 0 Å². The van der Waals surface area contributed by atoms with Crippen LogP contribution in [-0.4, -0.2) is 24.5 Å². The summed E-state index contributed by atoms with van der Waals surface area (Å²) in [4.78, 5) is 2.51. The van der Waals surface area contributed by atoms with Crippen molar-refractivity contribution >= 4 is 0 Å². The third kappa shape index (κ3) is 1.34. The molecule has 0 spiro atoms. The average Bonchev–Trinajstić information content (AvgIpc) is 2.52. The first kappa shape index (κ1) is 8.06. The zero-order valence-corrected chi connectivity index (χ0v) is 7.43. The lowest BCUT2D eigenvalue weighted by molar-refractivity contribution is 0.261. The highest BCUT2D eigenvalue weighted by molar-refractivity contribution is 4.89. The first-order valence-corrected chi connectivity index (χ1v) is 4.56. The molecule has 2 rings (SSSR count). The van der Waals surface area contributed by atoms with Crippen molar-refractivity contribution in [2.45, 2.75) is 39.2 Å². The summed E-state index contributed by atoms with van der Waals surface area (Å²) in [6.45, 7) is 5.38. The maximum Gasteiger partial charge on any atom is 0.00955 e. The van der Waals surface area contributed by atoms with Crippen molar-refractivity contribution in [2.75, 3.05) is 13.6 Å². The molecule has 2 bridgehead atoms. The Morgan fingerprint density at radius 1 is 1.20 bits per heavy atom. The maximum absolute atomic E-state index is 2.51. The van der Waals surface area contributed by atoms with E-state index >= 15 is 0 Å². The Labute approximate surface area is 64.4 Å². The molecule has 1 heterocycles. The van der Waals surface area contributed by atoms with Crippen LogP contribution in [0.15, 0.2) is 0 Å². The average molecular weight is 141 g/mol. The summed E-state index contributed by atoms with van der Waals surface area (Å²) in [6, 6.07) is 0.972. The topological polar surface area (TPSA) is 3.24 Å². The Balaban J connectivity index is 0.000000231. The van der Waals surface area contributed by atoms with Crippen molar-refractivity contribution < 1.29 is 0 Å². The van der Waals surface area contributed by atoms with Crippen LogP contribution in [-0.2, 0) is 0 Å². The van der Waals surface area contributed by atoms with E-state index in [9.17, 15) is 0 Å². The summed E-state index contributed by atoms with van der Waals surface area (Å²) < 4.78 is 0. The molecule has 1 aliphatic carbocycles. The van der Waals surface area contributed by atoms with Crippen molar-refractivity contribution in [3.63, 3.8) is 0 Å². The Hall–Kier alpha value is -0.0400. The van der Waals surface area contributed by atoms with Crippen LogP contribution in [0.25, 0.3) is 0 Å². The fraction of sp³-hybridized carbons (Fsp3) is 1.00. The van der Waals surface area contributed by atoms with Gasteiger partial charge in [0.05, 0.1) is 0 Å². The van der Waals surface area contributed by atoms with E-state index < -0.39 is 0 Å². The SMILES string of the molecule is CC.CN1CC2CCC1C2. The highest BCUT2D eigenvalue weighted by atomic mass is 15.2. The maximum atomic E-state index is 2.51. The van der Waals surface area contributed by atoms with Crippen molar-refractivity contribution in [1.82, 2.24) is 4.90 Å². The molecule has 1 saturated carbocycles. The van der Waals surface area contributed by atoms with E-state index in [2.05, 4.69) is 11.9 Å². The van der Waals surface area contributed by atoms with Crippen molar-refractivity contribution in [2.24, 2.45) is 5.92 Å². The van der Waals surface area contributed by atoms with E-state index in [1.807, 2.05) is 13.8 Å². The summed E-state index contributed by atoms with van der Waals surface area (Å²) in [7, 11) is 2.25. The smallest absolute Gasteiger partial charge is 0.00955 e. The zero-order valence-electron chi connectivity index (χ0n) is 7.43. The highest BCUT2D eigenvalue weighted by Gasteiger charge is 2.34. The first-order valence-electron chi connectivity index (χ1n) is 4.56. The lowest BCUT2D eigenvalue weighted by atomic mass is 10.1. The molecule has 0 radical (unpaired) electrons. The van der Waals surface area contributed by atoms with Gasteiger partial charge >= 0.3 is 0 Å². The van der Waals surface area contributed by atoms with E-state index in [0.29, 0.717) is 0 Å². The second-order valence-electron chi connectivity index (χ2n) is 3.27. The summed E-state index contributed by atoms with van der Waals surface area (Å²) in [5, 5.41) is 0. The van der Waals surface area contributed by atoms with Crippen LogP contribution in [0, 0.1) is 5.92 Å². The highest BCUT2D eigenvalue weighted by Crippen LogP contribution is 2.35. The molecule has 0 aromatic heterocycles. The summed E-state index contributed by atoms with van der Waals surface area (Å²) in [5.41, 5.74) is 0. The van der Waals surface area contributed by atoms with E-state index in [-0.39, 0.29) is 0 Å². The minimum atomic E-state index is 0.972. The summed E-state index contributed by atoms with van der Waals surface area (Å²) in [5.74, 6) is 1.07. The van der Waals surface area contributed by atoms with E-state index in [4.69, 9.17) is 0 Å². The number of piperidine rings is 1. The van der Waals surface area contributed by atoms with Gasteiger partial charge in [-0.25, -0.2) is 0 Å². The van der Waals surface area contributed by atoms with E-state index in [0.717, 1.165) is 12.0 Å². The fourth-order valence-electron chi connectivity index (χ4n) is 2.17. The quantitative estimate of drug-likeness (QED) is 0.499. The van der Waals surface area contributed by atoms with Crippen LogP contribution in [0.3, 0.4) is 0 Å². The van der Waals surface area contributed by atoms with Crippen LogP contribution >= 0.6 is 0 Å². The number of fused-ring (bicyclic) bond motifs is 2. The van der Waals surface area contributed by atoms with Gasteiger partial charge < -0.3 is 4.90 Å². The van der Waals surface area contributed by atoms with Gasteiger partial charge in [0.1, 0.15) is 0 Å². The van der Waals surface area contributed by atoms with Crippen LogP contribution in [0.5, 0.6) is 0 Å². The third-order valence-corrected chi connectivity index (χ3v) is 2.68. The van der Waals surface area contributed by atoms with Gasteiger partial charge in [0.2, 0.25) is 0 Å². The molecule has 0 aromatic rings. The molecular weight excluding hydrogens is 122 g/mol. The van der Waals surface area contributed by atoms with Crippen LogP contribution in [0.2, 0.25) is 0 Å². The van der Waals surface area contributed by atoms with E-state index in [1.54, 1.807) is 0 Å². The fourth-order valence-corrected chi connectivity index (χ4v) is 2.17. The zero-order chi connectivity index (χ0) is 7.56. The molecule has 0 N–H and O–H groups in total. The summed E-state index contributed by atoms with van der Waals surface area (Å²) >= 11 is 0. The standard InChI is InChI=1S/C7H13N.C2H6/c1-8-5-6-2-3-7(8)4-6;1-2/h6-7H,2-5H2,1H3;1-2H3. The molecule has 2 atom stereocenters. The predicted octanol–water partition coefficient (Wildman–Crippen LogP) is 2.13. The van der Waals surface area contributed by atoms with Gasteiger partial charge in [-0.15, -0.1) is 0 Å². The lowest BCUT2D eigenvalue weighted by Crippen LogP contribution is -2.27. The van der Waals surface area contributed by atoms with Gasteiger partial charge in [0.15, 0.2) is 0 Å². The second-order valence-corrected chi connectivity index (χ2v) is 3.27. The minimum absolute atomic E-state index is 0.972. The van der Waals surface area contributed by atoms with Crippen LogP contribution in [0.4, 0.5) is 0 Å². The van der Waals surface area contributed by atoms with Crippen LogP contribution < -0.4 is 0 Å². The molecule has 2 fully saturated rings. The van der Waals surface area contributed by atoms with Gasteiger partial charge in [0, 0.05) is 12.6 Å². The molecule has 1 nitrogen and oxygen atoms in total. The van der Waals surface area contributed by atoms with Crippen molar-refractivity contribution in [3.05, 3.63) is 0 Å². The molecular formula is C9H19N. The molecule has 0 aromatic carbocycles. The number of hydrogen-bond donors (Lipinski definition) is 0. The molecule has 10 heavy (non-hydrogen) atoms. The number of nitrogens with zero attached hydrogens (tertiary/aromatic N) is 1. The number of hydrogen-bond acceptors (Lipinski definition) is 1. The molecule has 1 saturated heterocycles. The molecule has 1 aliphatic heterocycles. The molecule has 1 heteroatoms. The Kier molecular flexibility index (Phi) is 2.72. The molecule has 0 amide bonds. The third-order valence-electron chi connectivity index (χ3n) is 2.68. The predicted molar refractivity (Wildman–Crippen MR) is 45.1 cm³/mol.